The molecule has 0 aliphatic carbocycles. The van der Waals surface area contributed by atoms with E-state index in [0.29, 0.717) is 26.0 Å². The molecule has 0 atom stereocenters. The lowest BCUT2D eigenvalue weighted by Gasteiger charge is -2.20. The number of rotatable bonds is 9. The van der Waals surface area contributed by atoms with Gasteiger partial charge >= 0.3 is 5.97 Å². The lowest BCUT2D eigenvalue weighted by molar-refractivity contribution is -0.143. The number of anilines is 1. The van der Waals surface area contributed by atoms with Crippen molar-refractivity contribution in [2.45, 2.75) is 58.4 Å². The molecule has 6 heteroatoms. The SMILES string of the molecule is CCOC(=O)CCCCN1C(=O)C(C)(C)c2cc3c(cc21)ncn3CCc1ccccc1. The molecule has 0 unspecified atom stereocenters. The first kappa shape index (κ1) is 22.1. The van der Waals surface area contributed by atoms with Crippen LogP contribution in [0.1, 0.15) is 51.2 Å². The number of benzene rings is 2. The largest absolute Gasteiger partial charge is 0.466 e. The zero-order chi connectivity index (χ0) is 22.7. The number of ether oxygens (including phenoxy) is 1. The van der Waals surface area contributed by atoms with Crippen LogP contribution >= 0.6 is 0 Å². The molecule has 3 aromatic rings. The zero-order valence-corrected chi connectivity index (χ0v) is 19.1. The van der Waals surface area contributed by atoms with E-state index in [1.165, 1.54) is 5.56 Å². The molecule has 1 aliphatic heterocycles. The molecule has 0 spiro atoms. The number of aryl methyl sites for hydroxylation is 2. The topological polar surface area (TPSA) is 64.4 Å². The van der Waals surface area contributed by atoms with Crippen LogP contribution < -0.4 is 4.90 Å². The number of fused-ring (bicyclic) bond motifs is 2. The molecule has 0 saturated heterocycles. The summed E-state index contributed by atoms with van der Waals surface area (Å²) in [6, 6.07) is 14.6. The second-order valence-corrected chi connectivity index (χ2v) is 8.88. The van der Waals surface area contributed by atoms with Crippen molar-refractivity contribution in [3.8, 4) is 0 Å². The Kier molecular flexibility index (Phi) is 6.31. The van der Waals surface area contributed by atoms with E-state index in [1.54, 1.807) is 0 Å². The van der Waals surface area contributed by atoms with Crippen molar-refractivity contribution < 1.29 is 14.3 Å². The van der Waals surface area contributed by atoms with Gasteiger partial charge in [-0.3, -0.25) is 9.59 Å². The van der Waals surface area contributed by atoms with Gasteiger partial charge in [0.1, 0.15) is 0 Å². The lowest BCUT2D eigenvalue weighted by atomic mass is 9.86. The van der Waals surface area contributed by atoms with Crippen LogP contribution in [-0.2, 0) is 32.7 Å². The van der Waals surface area contributed by atoms with E-state index in [9.17, 15) is 9.59 Å². The number of aromatic nitrogens is 2. The summed E-state index contributed by atoms with van der Waals surface area (Å²) >= 11 is 0. The number of amides is 1. The number of nitrogens with zero attached hydrogens (tertiary/aromatic N) is 3. The van der Waals surface area contributed by atoms with Crippen molar-refractivity contribution in [1.29, 1.82) is 0 Å². The molecule has 0 N–H and O–H groups in total. The average molecular weight is 434 g/mol. The van der Waals surface area contributed by atoms with Gasteiger partial charge in [-0.1, -0.05) is 30.3 Å². The third-order valence-corrected chi connectivity index (χ3v) is 6.28. The Labute approximate surface area is 189 Å². The molecule has 6 nitrogen and oxygen atoms in total. The van der Waals surface area contributed by atoms with Crippen LogP contribution in [-0.4, -0.2) is 34.6 Å². The van der Waals surface area contributed by atoms with Gasteiger partial charge in [0, 0.05) is 19.5 Å². The van der Waals surface area contributed by atoms with Crippen LogP contribution in [0.3, 0.4) is 0 Å². The van der Waals surface area contributed by atoms with E-state index in [0.717, 1.165) is 41.7 Å². The minimum atomic E-state index is -0.584. The molecule has 0 saturated carbocycles. The van der Waals surface area contributed by atoms with Gasteiger partial charge in [-0.15, -0.1) is 0 Å². The molecule has 1 aromatic heterocycles. The Balaban J connectivity index is 1.52. The van der Waals surface area contributed by atoms with E-state index in [1.807, 2.05) is 44.1 Å². The predicted molar refractivity (Wildman–Crippen MR) is 126 cm³/mol. The van der Waals surface area contributed by atoms with Crippen LogP contribution in [0.25, 0.3) is 11.0 Å². The third-order valence-electron chi connectivity index (χ3n) is 6.28. The highest BCUT2D eigenvalue weighted by molar-refractivity contribution is 6.09. The minimum absolute atomic E-state index is 0.104. The summed E-state index contributed by atoms with van der Waals surface area (Å²) in [5.41, 5.74) is 4.65. The van der Waals surface area contributed by atoms with Gasteiger partial charge in [0.2, 0.25) is 5.91 Å². The van der Waals surface area contributed by atoms with Crippen LogP contribution in [0.15, 0.2) is 48.8 Å². The van der Waals surface area contributed by atoms with Gasteiger partial charge in [0.05, 0.1) is 35.1 Å². The number of hydrogen-bond donors (Lipinski definition) is 0. The molecule has 0 radical (unpaired) electrons. The second-order valence-electron chi connectivity index (χ2n) is 8.88. The summed E-state index contributed by atoms with van der Waals surface area (Å²) in [5.74, 6) is -0.0733. The Morgan fingerprint density at radius 2 is 1.88 bits per heavy atom. The van der Waals surface area contributed by atoms with Crippen molar-refractivity contribution in [2.24, 2.45) is 0 Å². The van der Waals surface area contributed by atoms with Crippen molar-refractivity contribution >= 4 is 28.6 Å². The quantitative estimate of drug-likeness (QED) is 0.364. The van der Waals surface area contributed by atoms with Crippen molar-refractivity contribution in [1.82, 2.24) is 9.55 Å². The van der Waals surface area contributed by atoms with E-state index < -0.39 is 5.41 Å². The summed E-state index contributed by atoms with van der Waals surface area (Å²) in [5, 5.41) is 0. The maximum absolute atomic E-state index is 13.2. The standard InChI is InChI=1S/C26H31N3O3/c1-4-32-24(30)12-8-9-14-29-22-17-21-23(16-20(22)26(2,3)25(29)31)28(18-27-21)15-13-19-10-6-5-7-11-19/h5-7,10-11,16-18H,4,8-9,12-15H2,1-3H3. The van der Waals surface area contributed by atoms with E-state index in [-0.39, 0.29) is 11.9 Å². The van der Waals surface area contributed by atoms with E-state index >= 15 is 0 Å². The first-order valence-electron chi connectivity index (χ1n) is 11.4. The molecule has 2 heterocycles. The third kappa shape index (κ3) is 4.27. The predicted octanol–water partition coefficient (Wildman–Crippen LogP) is 4.64. The molecular formula is C26H31N3O3. The summed E-state index contributed by atoms with van der Waals surface area (Å²) in [4.78, 5) is 31.3. The fourth-order valence-corrected chi connectivity index (χ4v) is 4.45. The van der Waals surface area contributed by atoms with Crippen LogP contribution in [0.2, 0.25) is 0 Å². The first-order chi connectivity index (χ1) is 15.4. The minimum Gasteiger partial charge on any atom is -0.466 e. The van der Waals surface area contributed by atoms with Crippen LogP contribution in [0, 0.1) is 0 Å². The number of hydrogen-bond acceptors (Lipinski definition) is 4. The fourth-order valence-electron chi connectivity index (χ4n) is 4.45. The van der Waals surface area contributed by atoms with E-state index in [4.69, 9.17) is 4.74 Å². The molecule has 2 aromatic carbocycles. The smallest absolute Gasteiger partial charge is 0.305 e. The Hall–Kier alpha value is -3.15. The Morgan fingerprint density at radius 1 is 1.09 bits per heavy atom. The van der Waals surface area contributed by atoms with Gasteiger partial charge in [0.25, 0.3) is 0 Å². The highest BCUT2D eigenvalue weighted by Gasteiger charge is 2.44. The van der Waals surface area contributed by atoms with Gasteiger partial charge in [0.15, 0.2) is 0 Å². The maximum Gasteiger partial charge on any atom is 0.305 e. The van der Waals surface area contributed by atoms with Crippen molar-refractivity contribution in [3.63, 3.8) is 0 Å². The number of unbranched alkanes of at least 4 members (excludes halogenated alkanes) is 1. The molecule has 4 rings (SSSR count). The second kappa shape index (κ2) is 9.15. The van der Waals surface area contributed by atoms with Gasteiger partial charge in [-0.05, 0) is 63.3 Å². The number of carbonyl (C=O) groups is 2. The average Bonchev–Trinajstić information content (AvgIpc) is 3.26. The summed E-state index contributed by atoms with van der Waals surface area (Å²) in [6.07, 6.45) is 4.66. The molecule has 168 valence electrons. The normalized spacial score (nSPS) is 14.7. The van der Waals surface area contributed by atoms with Gasteiger partial charge < -0.3 is 14.2 Å². The highest BCUT2D eigenvalue weighted by Crippen LogP contribution is 2.43. The molecule has 32 heavy (non-hydrogen) atoms. The van der Waals surface area contributed by atoms with Gasteiger partial charge in [-0.25, -0.2) is 4.98 Å². The molecule has 0 bridgehead atoms. The first-order valence-corrected chi connectivity index (χ1v) is 11.4. The Morgan fingerprint density at radius 3 is 2.62 bits per heavy atom. The highest BCUT2D eigenvalue weighted by atomic mass is 16.5. The molecule has 1 amide bonds. The van der Waals surface area contributed by atoms with E-state index in [2.05, 4.69) is 39.9 Å². The van der Waals surface area contributed by atoms with Crippen molar-refractivity contribution in [3.05, 3.63) is 59.9 Å². The fraction of sp³-hybridized carbons (Fsp3) is 0.423. The van der Waals surface area contributed by atoms with Crippen LogP contribution in [0.5, 0.6) is 0 Å². The molecular weight excluding hydrogens is 402 g/mol. The zero-order valence-electron chi connectivity index (χ0n) is 19.1. The lowest BCUT2D eigenvalue weighted by Crippen LogP contribution is -2.36. The summed E-state index contributed by atoms with van der Waals surface area (Å²) in [7, 11) is 0. The molecule has 1 aliphatic rings. The molecule has 0 fully saturated rings. The number of esters is 1. The van der Waals surface area contributed by atoms with Crippen molar-refractivity contribution in [2.75, 3.05) is 18.1 Å². The number of imidazole rings is 1. The monoisotopic (exact) mass is 433 g/mol. The number of carbonyl (C=O) groups excluding carboxylic acids is 2. The van der Waals surface area contributed by atoms with Gasteiger partial charge in [-0.2, -0.15) is 0 Å². The summed E-state index contributed by atoms with van der Waals surface area (Å²) < 4.78 is 7.16. The maximum atomic E-state index is 13.2. The Bertz CT molecular complexity index is 1120. The summed E-state index contributed by atoms with van der Waals surface area (Å²) in [6.45, 7) is 7.62. The van der Waals surface area contributed by atoms with Crippen LogP contribution in [0.4, 0.5) is 5.69 Å².